The van der Waals surface area contributed by atoms with E-state index in [9.17, 15) is 4.79 Å². The molecule has 0 aromatic rings. The van der Waals surface area contributed by atoms with Crippen molar-refractivity contribution in [3.63, 3.8) is 0 Å². The smallest absolute Gasteiger partial charge is 0.224 e. The molecule has 0 aliphatic heterocycles. The zero-order valence-corrected chi connectivity index (χ0v) is 11.0. The van der Waals surface area contributed by atoms with Crippen molar-refractivity contribution in [1.29, 1.82) is 0 Å². The topological polar surface area (TPSA) is 52.6 Å². The van der Waals surface area contributed by atoms with Crippen LogP contribution in [0.25, 0.3) is 0 Å². The van der Waals surface area contributed by atoms with Gasteiger partial charge < -0.3 is 15.3 Å². The van der Waals surface area contributed by atoms with Crippen molar-refractivity contribution in [1.82, 2.24) is 10.2 Å². The summed E-state index contributed by atoms with van der Waals surface area (Å²) in [5.41, 5.74) is 0. The second-order valence-electron chi connectivity index (χ2n) is 4.13. The number of hydrogen-bond acceptors (Lipinski definition) is 3. The van der Waals surface area contributed by atoms with Crippen LogP contribution in [0, 0.1) is 0 Å². The van der Waals surface area contributed by atoms with Gasteiger partial charge in [0.1, 0.15) is 0 Å². The second-order valence-corrected chi connectivity index (χ2v) is 4.13. The van der Waals surface area contributed by atoms with Gasteiger partial charge in [0.15, 0.2) is 0 Å². The van der Waals surface area contributed by atoms with E-state index in [4.69, 9.17) is 5.11 Å². The van der Waals surface area contributed by atoms with E-state index in [1.54, 1.807) is 0 Å². The average Bonchev–Trinajstić information content (AvgIpc) is 2.27. The molecule has 1 amide bonds. The van der Waals surface area contributed by atoms with Gasteiger partial charge in [-0.15, -0.1) is 0 Å². The first-order valence-electron chi connectivity index (χ1n) is 6.23. The van der Waals surface area contributed by atoms with Gasteiger partial charge in [-0.25, -0.2) is 0 Å². The van der Waals surface area contributed by atoms with E-state index < -0.39 is 0 Å². The van der Waals surface area contributed by atoms with Crippen molar-refractivity contribution < 1.29 is 9.90 Å². The summed E-state index contributed by atoms with van der Waals surface area (Å²) in [6.07, 6.45) is 1.37. The predicted molar refractivity (Wildman–Crippen MR) is 66.3 cm³/mol. The minimum Gasteiger partial charge on any atom is -0.395 e. The highest BCUT2D eigenvalue weighted by molar-refractivity contribution is 5.76. The number of carbonyl (C=O) groups excluding carboxylic acids is 1. The Hall–Kier alpha value is -0.610. The Kier molecular flexibility index (Phi) is 8.21. The van der Waals surface area contributed by atoms with Crippen LogP contribution in [0.2, 0.25) is 0 Å². The fourth-order valence-electron chi connectivity index (χ4n) is 1.73. The highest BCUT2D eigenvalue weighted by Crippen LogP contribution is 2.01. The van der Waals surface area contributed by atoms with Gasteiger partial charge in [0.25, 0.3) is 0 Å². The first-order valence-corrected chi connectivity index (χ1v) is 6.23. The first-order chi connectivity index (χ1) is 7.58. The van der Waals surface area contributed by atoms with E-state index in [2.05, 4.69) is 5.32 Å². The summed E-state index contributed by atoms with van der Waals surface area (Å²) in [6.45, 7) is 9.63. The number of nitrogens with one attached hydrogen (secondary N) is 1. The molecule has 0 spiro atoms. The van der Waals surface area contributed by atoms with Crippen molar-refractivity contribution in [2.75, 3.05) is 19.7 Å². The summed E-state index contributed by atoms with van der Waals surface area (Å²) in [6, 6.07) is 0.213. The molecule has 4 heteroatoms. The molecule has 0 saturated heterocycles. The largest absolute Gasteiger partial charge is 0.395 e. The van der Waals surface area contributed by atoms with Crippen LogP contribution in [-0.2, 0) is 4.79 Å². The molecule has 16 heavy (non-hydrogen) atoms. The molecule has 0 aliphatic carbocycles. The molecule has 2 atom stereocenters. The van der Waals surface area contributed by atoms with Crippen LogP contribution in [0.5, 0.6) is 0 Å². The quantitative estimate of drug-likeness (QED) is 0.654. The highest BCUT2D eigenvalue weighted by Gasteiger charge is 2.15. The van der Waals surface area contributed by atoms with E-state index in [-0.39, 0.29) is 24.6 Å². The van der Waals surface area contributed by atoms with Crippen LogP contribution in [0.15, 0.2) is 0 Å². The van der Waals surface area contributed by atoms with Gasteiger partial charge in [0.2, 0.25) is 5.91 Å². The fourth-order valence-corrected chi connectivity index (χ4v) is 1.73. The average molecular weight is 230 g/mol. The maximum absolute atomic E-state index is 11.8. The molecular weight excluding hydrogens is 204 g/mol. The number of hydrogen-bond donors (Lipinski definition) is 2. The van der Waals surface area contributed by atoms with Crippen molar-refractivity contribution in [2.45, 2.75) is 52.6 Å². The minimum atomic E-state index is 0.0968. The lowest BCUT2D eigenvalue weighted by Gasteiger charge is -2.24. The second kappa shape index (κ2) is 8.53. The Labute approximate surface area is 99.0 Å². The predicted octanol–water partition coefficient (Wildman–Crippen LogP) is 0.994. The van der Waals surface area contributed by atoms with Gasteiger partial charge in [-0.1, -0.05) is 6.92 Å². The Morgan fingerprint density at radius 2 is 1.88 bits per heavy atom. The number of nitrogens with zero attached hydrogens (tertiary/aromatic N) is 1. The molecule has 0 heterocycles. The van der Waals surface area contributed by atoms with E-state index in [0.717, 1.165) is 19.5 Å². The van der Waals surface area contributed by atoms with Gasteiger partial charge >= 0.3 is 0 Å². The van der Waals surface area contributed by atoms with Gasteiger partial charge in [0.05, 0.1) is 6.61 Å². The standard InChI is InChI=1S/C12H26N2O2/c1-5-11(9-15)13-10(4)8-12(16)14(6-2)7-3/h10-11,13,15H,5-9H2,1-4H3/t10?,11-/m1/s1. The van der Waals surface area contributed by atoms with Crippen LogP contribution < -0.4 is 5.32 Å². The van der Waals surface area contributed by atoms with Gasteiger partial charge in [-0.3, -0.25) is 4.79 Å². The van der Waals surface area contributed by atoms with Crippen molar-refractivity contribution in [2.24, 2.45) is 0 Å². The van der Waals surface area contributed by atoms with Gasteiger partial charge in [0, 0.05) is 31.6 Å². The summed E-state index contributed by atoms with van der Waals surface area (Å²) in [5.74, 6) is 0.179. The van der Waals surface area contributed by atoms with Gasteiger partial charge in [-0.2, -0.15) is 0 Å². The van der Waals surface area contributed by atoms with E-state index in [1.807, 2.05) is 32.6 Å². The molecule has 0 saturated carbocycles. The third-order valence-corrected chi connectivity index (χ3v) is 2.83. The summed E-state index contributed by atoms with van der Waals surface area (Å²) in [5, 5.41) is 12.3. The Bertz CT molecular complexity index is 189. The number of aliphatic hydroxyl groups is 1. The lowest BCUT2D eigenvalue weighted by atomic mass is 10.1. The highest BCUT2D eigenvalue weighted by atomic mass is 16.3. The van der Waals surface area contributed by atoms with Crippen molar-refractivity contribution >= 4 is 5.91 Å². The fraction of sp³-hybridized carbons (Fsp3) is 0.917. The van der Waals surface area contributed by atoms with Crippen LogP contribution in [0.4, 0.5) is 0 Å². The molecular formula is C12H26N2O2. The molecule has 1 unspecified atom stereocenters. The molecule has 0 aliphatic rings. The lowest BCUT2D eigenvalue weighted by Crippen LogP contribution is -2.42. The SMILES string of the molecule is CC[C@H](CO)NC(C)CC(=O)N(CC)CC. The van der Waals surface area contributed by atoms with Gasteiger partial charge in [-0.05, 0) is 27.2 Å². The minimum absolute atomic E-state index is 0.0968. The van der Waals surface area contributed by atoms with Crippen LogP contribution in [0.3, 0.4) is 0 Å². The molecule has 0 fully saturated rings. The summed E-state index contributed by atoms with van der Waals surface area (Å²) in [7, 11) is 0. The molecule has 0 rings (SSSR count). The maximum atomic E-state index is 11.8. The van der Waals surface area contributed by atoms with Crippen LogP contribution >= 0.6 is 0 Å². The monoisotopic (exact) mass is 230 g/mol. The number of amides is 1. The maximum Gasteiger partial charge on any atom is 0.224 e. The summed E-state index contributed by atoms with van der Waals surface area (Å²) < 4.78 is 0. The molecule has 0 aromatic heterocycles. The lowest BCUT2D eigenvalue weighted by molar-refractivity contribution is -0.131. The zero-order valence-electron chi connectivity index (χ0n) is 11.0. The third-order valence-electron chi connectivity index (χ3n) is 2.83. The summed E-state index contributed by atoms with van der Waals surface area (Å²) in [4.78, 5) is 13.6. The molecule has 0 aromatic carbocycles. The Balaban J connectivity index is 4.03. The first kappa shape index (κ1) is 15.4. The Morgan fingerprint density at radius 1 is 1.31 bits per heavy atom. The number of aliphatic hydroxyl groups excluding tert-OH is 1. The van der Waals surface area contributed by atoms with Crippen molar-refractivity contribution in [3.8, 4) is 0 Å². The molecule has 0 radical (unpaired) electrons. The molecule has 4 nitrogen and oxygen atoms in total. The summed E-state index contributed by atoms with van der Waals surface area (Å²) >= 11 is 0. The third kappa shape index (κ3) is 5.47. The van der Waals surface area contributed by atoms with Crippen LogP contribution in [0.1, 0.15) is 40.5 Å². The number of rotatable bonds is 8. The van der Waals surface area contributed by atoms with E-state index in [0.29, 0.717) is 6.42 Å². The van der Waals surface area contributed by atoms with E-state index >= 15 is 0 Å². The van der Waals surface area contributed by atoms with Crippen molar-refractivity contribution in [3.05, 3.63) is 0 Å². The zero-order chi connectivity index (χ0) is 12.6. The normalized spacial score (nSPS) is 14.6. The molecule has 0 bridgehead atoms. The number of carbonyl (C=O) groups is 1. The van der Waals surface area contributed by atoms with E-state index in [1.165, 1.54) is 0 Å². The molecule has 96 valence electrons. The molecule has 2 N–H and O–H groups in total. The van der Waals surface area contributed by atoms with Crippen LogP contribution in [-0.4, -0.2) is 47.7 Å². The Morgan fingerprint density at radius 3 is 2.25 bits per heavy atom.